The van der Waals surface area contributed by atoms with Crippen LogP contribution in [-0.2, 0) is 25.5 Å². The number of benzene rings is 2. The second-order valence-corrected chi connectivity index (χ2v) is 6.60. The monoisotopic (exact) mass is 329 g/mol. The SMILES string of the molecule is O=C(CCc1ccc[nH]1)OS(=O)(=O)c1cccc2ccccc12. The quantitative estimate of drug-likeness (QED) is 0.730. The van der Waals surface area contributed by atoms with Crippen molar-refractivity contribution in [3.63, 3.8) is 0 Å². The van der Waals surface area contributed by atoms with Crippen molar-refractivity contribution >= 4 is 26.9 Å². The van der Waals surface area contributed by atoms with Gasteiger partial charge in [-0.1, -0.05) is 36.4 Å². The molecule has 0 atom stereocenters. The fraction of sp³-hybridized carbons (Fsp3) is 0.118. The Kier molecular flexibility index (Phi) is 4.16. The third-order valence-electron chi connectivity index (χ3n) is 3.48. The van der Waals surface area contributed by atoms with Gasteiger partial charge in [-0.25, -0.2) is 0 Å². The Morgan fingerprint density at radius 2 is 1.78 bits per heavy atom. The summed E-state index contributed by atoms with van der Waals surface area (Å²) in [5.74, 6) is -0.771. The summed E-state index contributed by atoms with van der Waals surface area (Å²) in [7, 11) is -4.14. The molecule has 0 aliphatic rings. The highest BCUT2D eigenvalue weighted by molar-refractivity contribution is 7.87. The second-order valence-electron chi connectivity index (χ2n) is 5.08. The Morgan fingerprint density at radius 1 is 1.00 bits per heavy atom. The highest BCUT2D eigenvalue weighted by Crippen LogP contribution is 2.24. The minimum absolute atomic E-state index is 0.00354. The fourth-order valence-electron chi connectivity index (χ4n) is 2.38. The standard InChI is InChI=1S/C17H15NO4S/c19-17(11-10-14-7-4-12-18-14)22-23(20,21)16-9-3-6-13-5-1-2-8-15(13)16/h1-9,12,18H,10-11H2. The summed E-state index contributed by atoms with van der Waals surface area (Å²) in [6.45, 7) is 0. The van der Waals surface area contributed by atoms with E-state index in [1.807, 2.05) is 18.2 Å². The number of carbonyl (C=O) groups is 1. The highest BCUT2D eigenvalue weighted by atomic mass is 32.2. The van der Waals surface area contributed by atoms with Crippen molar-refractivity contribution in [3.05, 3.63) is 66.5 Å². The van der Waals surface area contributed by atoms with Gasteiger partial charge in [0.25, 0.3) is 0 Å². The van der Waals surface area contributed by atoms with Crippen molar-refractivity contribution in [3.8, 4) is 0 Å². The van der Waals surface area contributed by atoms with Gasteiger partial charge in [0.2, 0.25) is 0 Å². The minimum Gasteiger partial charge on any atom is -0.365 e. The summed E-state index contributed by atoms with van der Waals surface area (Å²) in [6, 6.07) is 15.6. The van der Waals surface area contributed by atoms with Crippen LogP contribution in [-0.4, -0.2) is 19.4 Å². The Morgan fingerprint density at radius 3 is 2.57 bits per heavy atom. The zero-order valence-corrected chi connectivity index (χ0v) is 13.0. The van der Waals surface area contributed by atoms with E-state index in [1.54, 1.807) is 36.5 Å². The Bertz CT molecular complexity index is 925. The fourth-order valence-corrected chi connectivity index (χ4v) is 3.50. The molecule has 1 N–H and O–H groups in total. The number of fused-ring (bicyclic) bond motifs is 1. The number of aromatic amines is 1. The van der Waals surface area contributed by atoms with Crippen LogP contribution >= 0.6 is 0 Å². The molecule has 2 aromatic carbocycles. The average molecular weight is 329 g/mol. The molecular weight excluding hydrogens is 314 g/mol. The van der Waals surface area contributed by atoms with Crippen molar-refractivity contribution in [2.45, 2.75) is 17.7 Å². The van der Waals surface area contributed by atoms with Crippen molar-refractivity contribution in [2.24, 2.45) is 0 Å². The zero-order valence-electron chi connectivity index (χ0n) is 12.2. The number of H-pyrrole nitrogens is 1. The lowest BCUT2D eigenvalue weighted by molar-refractivity contribution is -0.133. The van der Waals surface area contributed by atoms with Gasteiger partial charge in [0.05, 0.1) is 6.42 Å². The normalized spacial score (nSPS) is 11.5. The Labute approximate surface area is 134 Å². The van der Waals surface area contributed by atoms with Crippen molar-refractivity contribution in [2.75, 3.05) is 0 Å². The molecule has 118 valence electrons. The first-order valence-electron chi connectivity index (χ1n) is 7.13. The minimum atomic E-state index is -4.14. The summed E-state index contributed by atoms with van der Waals surface area (Å²) in [5, 5.41) is 1.31. The van der Waals surface area contributed by atoms with Gasteiger partial charge in [0.1, 0.15) is 4.90 Å². The molecule has 0 saturated carbocycles. The largest absolute Gasteiger partial charge is 0.365 e. The van der Waals surface area contributed by atoms with E-state index in [0.717, 1.165) is 11.1 Å². The number of aromatic nitrogens is 1. The molecule has 0 aliphatic carbocycles. The number of hydrogen-bond acceptors (Lipinski definition) is 4. The van der Waals surface area contributed by atoms with Crippen molar-refractivity contribution < 1.29 is 17.4 Å². The van der Waals surface area contributed by atoms with Gasteiger partial charge in [-0.15, -0.1) is 0 Å². The van der Waals surface area contributed by atoms with Gasteiger partial charge in [0, 0.05) is 17.3 Å². The predicted molar refractivity (Wildman–Crippen MR) is 86.3 cm³/mol. The number of nitrogens with one attached hydrogen (secondary N) is 1. The van der Waals surface area contributed by atoms with Gasteiger partial charge in [-0.2, -0.15) is 8.42 Å². The highest BCUT2D eigenvalue weighted by Gasteiger charge is 2.22. The summed E-state index contributed by atoms with van der Waals surface area (Å²) < 4.78 is 29.5. The summed E-state index contributed by atoms with van der Waals surface area (Å²) in [5.41, 5.74) is 0.851. The molecule has 1 aromatic heterocycles. The van der Waals surface area contributed by atoms with E-state index in [-0.39, 0.29) is 11.3 Å². The van der Waals surface area contributed by atoms with Gasteiger partial charge in [-0.3, -0.25) is 4.79 Å². The molecule has 5 nitrogen and oxygen atoms in total. The topological polar surface area (TPSA) is 76.2 Å². The van der Waals surface area contributed by atoms with E-state index in [4.69, 9.17) is 4.18 Å². The molecular formula is C17H15NO4S. The van der Waals surface area contributed by atoms with Crippen LogP contribution in [0.15, 0.2) is 65.7 Å². The van der Waals surface area contributed by atoms with Crippen molar-refractivity contribution in [1.82, 2.24) is 4.98 Å². The van der Waals surface area contributed by atoms with Gasteiger partial charge in [-0.05, 0) is 30.0 Å². The average Bonchev–Trinajstić information content (AvgIpc) is 3.05. The Balaban J connectivity index is 1.79. The smallest absolute Gasteiger partial charge is 0.342 e. The van der Waals surface area contributed by atoms with E-state index in [9.17, 15) is 13.2 Å². The number of carbonyl (C=O) groups excluding carboxylic acids is 1. The predicted octanol–water partition coefficient (Wildman–Crippen LogP) is 3.03. The number of rotatable bonds is 5. The maximum atomic E-state index is 12.4. The zero-order chi connectivity index (χ0) is 16.3. The molecule has 0 amide bonds. The van der Waals surface area contributed by atoms with E-state index >= 15 is 0 Å². The lowest BCUT2D eigenvalue weighted by atomic mass is 10.1. The van der Waals surface area contributed by atoms with E-state index < -0.39 is 16.1 Å². The molecule has 0 spiro atoms. The molecule has 0 radical (unpaired) electrons. The molecule has 6 heteroatoms. The van der Waals surface area contributed by atoms with Crippen LogP contribution in [0, 0.1) is 0 Å². The van der Waals surface area contributed by atoms with Crippen LogP contribution in [0.5, 0.6) is 0 Å². The van der Waals surface area contributed by atoms with Crippen LogP contribution in [0.2, 0.25) is 0 Å². The maximum Gasteiger partial charge on any atom is 0.342 e. The first-order valence-corrected chi connectivity index (χ1v) is 8.54. The lowest BCUT2D eigenvalue weighted by Gasteiger charge is -2.08. The van der Waals surface area contributed by atoms with Gasteiger partial charge in [0.15, 0.2) is 0 Å². The summed E-state index contributed by atoms with van der Waals surface area (Å²) in [6.07, 6.45) is 2.13. The van der Waals surface area contributed by atoms with Crippen LogP contribution in [0.1, 0.15) is 12.1 Å². The van der Waals surface area contributed by atoms with Gasteiger partial charge >= 0.3 is 16.1 Å². The summed E-state index contributed by atoms with van der Waals surface area (Å²) >= 11 is 0. The molecule has 23 heavy (non-hydrogen) atoms. The lowest BCUT2D eigenvalue weighted by Crippen LogP contribution is -2.14. The third-order valence-corrected chi connectivity index (χ3v) is 4.78. The second kappa shape index (κ2) is 6.26. The van der Waals surface area contributed by atoms with Crippen LogP contribution in [0.3, 0.4) is 0 Å². The van der Waals surface area contributed by atoms with Gasteiger partial charge < -0.3 is 9.17 Å². The first kappa shape index (κ1) is 15.3. The molecule has 0 bridgehead atoms. The maximum absolute atomic E-state index is 12.4. The first-order chi connectivity index (χ1) is 11.1. The van der Waals surface area contributed by atoms with Crippen LogP contribution < -0.4 is 0 Å². The van der Waals surface area contributed by atoms with Crippen molar-refractivity contribution in [1.29, 1.82) is 0 Å². The molecule has 0 fully saturated rings. The summed E-state index contributed by atoms with van der Waals surface area (Å²) in [4.78, 5) is 14.8. The molecule has 0 aliphatic heterocycles. The van der Waals surface area contributed by atoms with Crippen LogP contribution in [0.25, 0.3) is 10.8 Å². The Hall–Kier alpha value is -2.60. The molecule has 3 aromatic rings. The van der Waals surface area contributed by atoms with Crippen LogP contribution in [0.4, 0.5) is 0 Å². The number of hydrogen-bond donors (Lipinski definition) is 1. The molecule has 3 rings (SSSR count). The van der Waals surface area contributed by atoms with E-state index in [0.29, 0.717) is 11.8 Å². The molecule has 0 unspecified atom stereocenters. The van der Waals surface area contributed by atoms with E-state index in [2.05, 4.69) is 4.98 Å². The third kappa shape index (κ3) is 3.43. The molecule has 0 saturated heterocycles. The van der Waals surface area contributed by atoms with E-state index in [1.165, 1.54) is 6.07 Å². The molecule has 1 heterocycles. The number of aryl methyl sites for hydroxylation is 1.